The average molecular weight is 389 g/mol. The number of thiazole rings is 1. The standard InChI is InChI=1S/C20H21ClN2O2S/c1-23(11-15-10-16(21)6-9-19(15)25-3)12-17-13-26-20(22-17)14-4-7-18(24-2)8-5-14/h4-10,13H,11-12H2,1-3H3. The van der Waals surface area contributed by atoms with Crippen LogP contribution in [0.1, 0.15) is 11.3 Å². The first-order valence-corrected chi connectivity index (χ1v) is 9.44. The van der Waals surface area contributed by atoms with Crippen molar-refractivity contribution in [2.24, 2.45) is 0 Å². The lowest BCUT2D eigenvalue weighted by molar-refractivity contribution is 0.307. The maximum absolute atomic E-state index is 6.12. The third-order valence-corrected chi connectivity index (χ3v) is 5.18. The highest BCUT2D eigenvalue weighted by atomic mass is 35.5. The molecule has 6 heteroatoms. The third-order valence-electron chi connectivity index (χ3n) is 4.00. The quantitative estimate of drug-likeness (QED) is 0.563. The Balaban J connectivity index is 1.67. The average Bonchev–Trinajstić information content (AvgIpc) is 3.10. The molecule has 0 saturated heterocycles. The summed E-state index contributed by atoms with van der Waals surface area (Å²) in [6.45, 7) is 1.49. The highest BCUT2D eigenvalue weighted by Crippen LogP contribution is 2.27. The van der Waals surface area contributed by atoms with Gasteiger partial charge in [0, 0.05) is 34.6 Å². The minimum absolute atomic E-state index is 0.713. The highest BCUT2D eigenvalue weighted by Gasteiger charge is 2.11. The van der Waals surface area contributed by atoms with Crippen molar-refractivity contribution in [3.05, 3.63) is 64.1 Å². The van der Waals surface area contributed by atoms with Gasteiger partial charge < -0.3 is 9.47 Å². The summed E-state index contributed by atoms with van der Waals surface area (Å²) in [7, 11) is 5.41. The Morgan fingerprint density at radius 1 is 1.04 bits per heavy atom. The van der Waals surface area contributed by atoms with Gasteiger partial charge in [-0.25, -0.2) is 4.98 Å². The van der Waals surface area contributed by atoms with Crippen LogP contribution in [0, 0.1) is 0 Å². The fourth-order valence-corrected chi connectivity index (χ4v) is 3.75. The van der Waals surface area contributed by atoms with Crippen LogP contribution < -0.4 is 9.47 Å². The lowest BCUT2D eigenvalue weighted by atomic mass is 10.2. The van der Waals surface area contributed by atoms with E-state index in [1.807, 2.05) is 42.5 Å². The van der Waals surface area contributed by atoms with Gasteiger partial charge in [0.2, 0.25) is 0 Å². The van der Waals surface area contributed by atoms with Gasteiger partial charge in [0.1, 0.15) is 16.5 Å². The van der Waals surface area contributed by atoms with Gasteiger partial charge in [0.15, 0.2) is 0 Å². The molecule has 136 valence electrons. The van der Waals surface area contributed by atoms with Crippen molar-refractivity contribution in [2.45, 2.75) is 13.1 Å². The van der Waals surface area contributed by atoms with Crippen molar-refractivity contribution in [2.75, 3.05) is 21.3 Å². The van der Waals surface area contributed by atoms with Crippen molar-refractivity contribution in [3.63, 3.8) is 0 Å². The van der Waals surface area contributed by atoms with E-state index < -0.39 is 0 Å². The molecule has 0 amide bonds. The number of hydrogen-bond donors (Lipinski definition) is 0. The van der Waals surface area contributed by atoms with Crippen molar-refractivity contribution in [3.8, 4) is 22.1 Å². The molecule has 0 spiro atoms. The molecule has 0 N–H and O–H groups in total. The molecule has 0 radical (unpaired) electrons. The van der Waals surface area contributed by atoms with E-state index in [4.69, 9.17) is 26.1 Å². The molecule has 0 aliphatic heterocycles. The van der Waals surface area contributed by atoms with E-state index in [1.165, 1.54) is 0 Å². The van der Waals surface area contributed by atoms with Crippen molar-refractivity contribution in [1.82, 2.24) is 9.88 Å². The van der Waals surface area contributed by atoms with Crippen LogP contribution in [-0.4, -0.2) is 31.2 Å². The molecule has 2 aromatic carbocycles. The maximum Gasteiger partial charge on any atom is 0.123 e. The Morgan fingerprint density at radius 3 is 2.50 bits per heavy atom. The van der Waals surface area contributed by atoms with Gasteiger partial charge in [0.05, 0.1) is 19.9 Å². The van der Waals surface area contributed by atoms with E-state index in [9.17, 15) is 0 Å². The summed E-state index contributed by atoms with van der Waals surface area (Å²) in [5.41, 5.74) is 3.21. The predicted molar refractivity (Wildman–Crippen MR) is 107 cm³/mol. The second-order valence-corrected chi connectivity index (χ2v) is 7.30. The van der Waals surface area contributed by atoms with Crippen LogP contribution in [0.5, 0.6) is 11.5 Å². The smallest absolute Gasteiger partial charge is 0.123 e. The van der Waals surface area contributed by atoms with E-state index in [0.717, 1.165) is 46.4 Å². The lowest BCUT2D eigenvalue weighted by Crippen LogP contribution is -2.18. The van der Waals surface area contributed by atoms with E-state index in [2.05, 4.69) is 17.3 Å². The highest BCUT2D eigenvalue weighted by molar-refractivity contribution is 7.13. The zero-order chi connectivity index (χ0) is 18.5. The monoisotopic (exact) mass is 388 g/mol. The lowest BCUT2D eigenvalue weighted by Gasteiger charge is -2.17. The normalized spacial score (nSPS) is 11.0. The van der Waals surface area contributed by atoms with Crippen molar-refractivity contribution in [1.29, 1.82) is 0 Å². The first-order chi connectivity index (χ1) is 12.6. The minimum atomic E-state index is 0.713. The SMILES string of the molecule is COc1ccc(-c2nc(CN(C)Cc3cc(Cl)ccc3OC)cs2)cc1. The van der Waals surface area contributed by atoms with Crippen molar-refractivity contribution < 1.29 is 9.47 Å². The number of nitrogens with zero attached hydrogens (tertiary/aromatic N) is 2. The van der Waals surface area contributed by atoms with E-state index in [1.54, 1.807) is 25.6 Å². The van der Waals surface area contributed by atoms with Crippen molar-refractivity contribution >= 4 is 22.9 Å². The Hall–Kier alpha value is -2.08. The first-order valence-electron chi connectivity index (χ1n) is 8.19. The number of aromatic nitrogens is 1. The van der Waals surface area contributed by atoms with E-state index >= 15 is 0 Å². The number of methoxy groups -OCH3 is 2. The van der Waals surface area contributed by atoms with Gasteiger partial charge in [-0.1, -0.05) is 11.6 Å². The summed E-state index contributed by atoms with van der Waals surface area (Å²) >= 11 is 7.77. The van der Waals surface area contributed by atoms with Crippen LogP contribution in [0.25, 0.3) is 10.6 Å². The van der Waals surface area contributed by atoms with Gasteiger partial charge >= 0.3 is 0 Å². The van der Waals surface area contributed by atoms with Crippen LogP contribution in [0.15, 0.2) is 47.8 Å². The van der Waals surface area contributed by atoms with Gasteiger partial charge in [-0.2, -0.15) is 0 Å². The zero-order valence-electron chi connectivity index (χ0n) is 15.0. The van der Waals surface area contributed by atoms with Gasteiger partial charge in [-0.15, -0.1) is 11.3 Å². The minimum Gasteiger partial charge on any atom is -0.497 e. The predicted octanol–water partition coefficient (Wildman–Crippen LogP) is 5.11. The summed E-state index contributed by atoms with van der Waals surface area (Å²) in [6.07, 6.45) is 0. The fraction of sp³-hybridized carbons (Fsp3) is 0.250. The van der Waals surface area contributed by atoms with Crippen LogP contribution >= 0.6 is 22.9 Å². The first kappa shape index (κ1) is 18.7. The molecule has 0 saturated carbocycles. The second-order valence-electron chi connectivity index (χ2n) is 6.00. The number of hydrogen-bond acceptors (Lipinski definition) is 5. The maximum atomic E-state index is 6.12. The van der Waals surface area contributed by atoms with Gasteiger partial charge in [-0.3, -0.25) is 4.90 Å². The van der Waals surface area contributed by atoms with Crippen LogP contribution in [0.3, 0.4) is 0 Å². The summed E-state index contributed by atoms with van der Waals surface area (Å²) in [5, 5.41) is 3.83. The summed E-state index contributed by atoms with van der Waals surface area (Å²) in [6, 6.07) is 13.6. The number of halogens is 1. The molecule has 0 unspecified atom stereocenters. The Bertz CT molecular complexity index is 865. The molecular weight excluding hydrogens is 368 g/mol. The molecule has 0 bridgehead atoms. The molecule has 4 nitrogen and oxygen atoms in total. The van der Waals surface area contributed by atoms with Gasteiger partial charge in [0.25, 0.3) is 0 Å². The Morgan fingerprint density at radius 2 is 1.81 bits per heavy atom. The Labute approximate surface area is 163 Å². The Kier molecular flexibility index (Phi) is 6.14. The van der Waals surface area contributed by atoms with E-state index in [0.29, 0.717) is 5.02 Å². The summed E-state index contributed by atoms with van der Waals surface area (Å²) in [4.78, 5) is 6.95. The molecule has 0 atom stereocenters. The molecule has 0 fully saturated rings. The van der Waals surface area contributed by atoms with Crippen LogP contribution in [0.4, 0.5) is 0 Å². The number of benzene rings is 2. The zero-order valence-corrected chi connectivity index (χ0v) is 16.6. The second kappa shape index (κ2) is 8.54. The molecule has 1 heterocycles. The molecule has 0 aliphatic rings. The largest absolute Gasteiger partial charge is 0.497 e. The van der Waals surface area contributed by atoms with E-state index in [-0.39, 0.29) is 0 Å². The van der Waals surface area contributed by atoms with Gasteiger partial charge in [-0.05, 0) is 49.5 Å². The summed E-state index contributed by atoms with van der Waals surface area (Å²) < 4.78 is 10.6. The third kappa shape index (κ3) is 4.55. The number of ether oxygens (including phenoxy) is 2. The topological polar surface area (TPSA) is 34.6 Å². The van der Waals surface area contributed by atoms with Crippen LogP contribution in [0.2, 0.25) is 5.02 Å². The summed E-state index contributed by atoms with van der Waals surface area (Å²) in [5.74, 6) is 1.69. The number of rotatable bonds is 7. The molecular formula is C20H21ClN2O2S. The fourth-order valence-electron chi connectivity index (χ4n) is 2.74. The molecule has 26 heavy (non-hydrogen) atoms. The molecule has 3 rings (SSSR count). The molecule has 0 aliphatic carbocycles. The van der Waals surface area contributed by atoms with Crippen LogP contribution in [-0.2, 0) is 13.1 Å². The molecule has 1 aromatic heterocycles. The molecule has 3 aromatic rings.